The molecule has 1 saturated heterocycles. The lowest BCUT2D eigenvalue weighted by molar-refractivity contribution is -0.0432. The second-order valence-electron chi connectivity index (χ2n) is 9.47. The standard InChI is InChI=1S/C29H25N5O3/c35-14-25-24(36)12-26(37-25)34-16-33-27-28(31-15-32-29(27)34)30-13-23-20-8-4-2-6-18(20)11-22-19-7-3-1-5-17(19)9-10-21(22)23/h1-11,15-16,24-26,35-36H,12-14H2,(H,30,31,32)/t24-,25+,26+/m0/s1. The Hall–Kier alpha value is -4.11. The van der Waals surface area contributed by atoms with Crippen LogP contribution in [0.15, 0.2) is 79.4 Å². The molecule has 0 spiro atoms. The molecule has 6 aromatic rings. The molecule has 0 unspecified atom stereocenters. The topological polar surface area (TPSA) is 105 Å². The van der Waals surface area contributed by atoms with Crippen molar-refractivity contribution in [2.45, 2.75) is 31.4 Å². The molecule has 2 aromatic heterocycles. The van der Waals surface area contributed by atoms with E-state index in [9.17, 15) is 10.2 Å². The number of aliphatic hydroxyl groups is 2. The maximum atomic E-state index is 10.2. The summed E-state index contributed by atoms with van der Waals surface area (Å²) in [6.07, 6.45) is 1.72. The van der Waals surface area contributed by atoms with Crippen LogP contribution in [0.25, 0.3) is 43.5 Å². The molecule has 3 heterocycles. The van der Waals surface area contributed by atoms with E-state index in [1.54, 1.807) is 10.9 Å². The first-order chi connectivity index (χ1) is 18.2. The summed E-state index contributed by atoms with van der Waals surface area (Å²) in [4.78, 5) is 13.5. The summed E-state index contributed by atoms with van der Waals surface area (Å²) in [5, 5.41) is 30.4. The van der Waals surface area contributed by atoms with Gasteiger partial charge in [0.15, 0.2) is 17.0 Å². The molecule has 3 N–H and O–H groups in total. The summed E-state index contributed by atoms with van der Waals surface area (Å²) in [5.74, 6) is 0.628. The van der Waals surface area contributed by atoms with E-state index in [-0.39, 0.29) is 6.61 Å². The lowest BCUT2D eigenvalue weighted by Crippen LogP contribution is -2.24. The number of hydrogen-bond donors (Lipinski definition) is 3. The fourth-order valence-electron chi connectivity index (χ4n) is 5.52. The minimum atomic E-state index is -0.734. The lowest BCUT2D eigenvalue weighted by atomic mass is 9.93. The molecular weight excluding hydrogens is 466 g/mol. The van der Waals surface area contributed by atoms with Crippen LogP contribution in [0.2, 0.25) is 0 Å². The molecule has 1 aliphatic rings. The molecule has 4 aromatic carbocycles. The zero-order valence-corrected chi connectivity index (χ0v) is 20.0. The van der Waals surface area contributed by atoms with Gasteiger partial charge in [0.2, 0.25) is 0 Å². The van der Waals surface area contributed by atoms with Gasteiger partial charge < -0.3 is 20.3 Å². The van der Waals surface area contributed by atoms with Gasteiger partial charge in [0.05, 0.1) is 19.0 Å². The van der Waals surface area contributed by atoms with Crippen molar-refractivity contribution in [2.24, 2.45) is 0 Å². The first-order valence-corrected chi connectivity index (χ1v) is 12.4. The highest BCUT2D eigenvalue weighted by Crippen LogP contribution is 2.35. The smallest absolute Gasteiger partial charge is 0.167 e. The summed E-state index contributed by atoms with van der Waals surface area (Å²) < 4.78 is 7.61. The number of anilines is 1. The van der Waals surface area contributed by atoms with Crippen LogP contribution < -0.4 is 5.32 Å². The average Bonchev–Trinajstić information content (AvgIpc) is 3.54. The summed E-state index contributed by atoms with van der Waals surface area (Å²) >= 11 is 0. The molecule has 3 atom stereocenters. The van der Waals surface area contributed by atoms with E-state index in [0.29, 0.717) is 29.9 Å². The molecule has 7 rings (SSSR count). The monoisotopic (exact) mass is 491 g/mol. The maximum absolute atomic E-state index is 10.2. The van der Waals surface area contributed by atoms with Gasteiger partial charge >= 0.3 is 0 Å². The first kappa shape index (κ1) is 22.1. The molecule has 37 heavy (non-hydrogen) atoms. The molecule has 8 heteroatoms. The van der Waals surface area contributed by atoms with Crippen molar-refractivity contribution in [1.29, 1.82) is 0 Å². The molecule has 0 aliphatic carbocycles. The van der Waals surface area contributed by atoms with Crippen molar-refractivity contribution < 1.29 is 14.9 Å². The molecule has 0 amide bonds. The zero-order valence-electron chi connectivity index (χ0n) is 20.0. The van der Waals surface area contributed by atoms with Crippen molar-refractivity contribution >= 4 is 49.3 Å². The zero-order chi connectivity index (χ0) is 24.9. The van der Waals surface area contributed by atoms with Crippen LogP contribution in [0, 0.1) is 0 Å². The van der Waals surface area contributed by atoms with Crippen molar-refractivity contribution in [3.8, 4) is 0 Å². The van der Waals surface area contributed by atoms with Gasteiger partial charge in [0, 0.05) is 13.0 Å². The SMILES string of the molecule is OC[C@H]1O[C@@H](n2cnc3c(NCc4c5ccccc5cc5c4ccc4ccccc45)ncnc32)C[C@@H]1O. The summed E-state index contributed by atoms with van der Waals surface area (Å²) in [6, 6.07) is 23.6. The third-order valence-corrected chi connectivity index (χ3v) is 7.37. The molecular formula is C29H25N5O3. The fraction of sp³-hybridized carbons (Fsp3) is 0.207. The second-order valence-corrected chi connectivity index (χ2v) is 9.47. The molecule has 184 valence electrons. The summed E-state index contributed by atoms with van der Waals surface area (Å²) in [5.41, 5.74) is 2.43. The Morgan fingerprint density at radius 2 is 1.70 bits per heavy atom. The predicted octanol–water partition coefficient (Wildman–Crippen LogP) is 4.54. The number of fused-ring (bicyclic) bond motifs is 5. The van der Waals surface area contributed by atoms with Crippen LogP contribution in [0.4, 0.5) is 5.82 Å². The van der Waals surface area contributed by atoms with Gasteiger partial charge in [-0.15, -0.1) is 0 Å². The van der Waals surface area contributed by atoms with Crippen LogP contribution >= 0.6 is 0 Å². The highest BCUT2D eigenvalue weighted by molar-refractivity contribution is 6.14. The normalized spacial score (nSPS) is 19.9. The second kappa shape index (κ2) is 8.77. The van der Waals surface area contributed by atoms with Crippen LogP contribution in [0.3, 0.4) is 0 Å². The highest BCUT2D eigenvalue weighted by Gasteiger charge is 2.35. The molecule has 0 saturated carbocycles. The predicted molar refractivity (Wildman–Crippen MR) is 143 cm³/mol. The van der Waals surface area contributed by atoms with E-state index in [4.69, 9.17) is 4.74 Å². The van der Waals surface area contributed by atoms with Crippen LogP contribution in [-0.4, -0.2) is 48.5 Å². The third kappa shape index (κ3) is 3.61. The van der Waals surface area contributed by atoms with Crippen molar-refractivity contribution in [2.75, 3.05) is 11.9 Å². The van der Waals surface area contributed by atoms with Crippen LogP contribution in [0.1, 0.15) is 18.2 Å². The van der Waals surface area contributed by atoms with Gasteiger partial charge in [-0.05, 0) is 43.9 Å². The van der Waals surface area contributed by atoms with E-state index in [1.165, 1.54) is 44.2 Å². The number of hydrogen-bond acceptors (Lipinski definition) is 7. The first-order valence-electron chi connectivity index (χ1n) is 12.4. The van der Waals surface area contributed by atoms with Gasteiger partial charge in [-0.1, -0.05) is 60.7 Å². The molecule has 1 aliphatic heterocycles. The van der Waals surface area contributed by atoms with Gasteiger partial charge in [0.1, 0.15) is 18.7 Å². The Morgan fingerprint density at radius 1 is 0.892 bits per heavy atom. The molecule has 1 fully saturated rings. The number of nitrogens with zero attached hydrogens (tertiary/aromatic N) is 4. The number of aliphatic hydroxyl groups excluding tert-OH is 2. The van der Waals surface area contributed by atoms with Gasteiger partial charge in [-0.25, -0.2) is 15.0 Å². The summed E-state index contributed by atoms with van der Waals surface area (Å²) in [6.45, 7) is 0.320. The maximum Gasteiger partial charge on any atom is 0.167 e. The Balaban J connectivity index is 1.29. The number of ether oxygens (including phenoxy) is 1. The number of nitrogens with one attached hydrogen (secondary N) is 1. The Kier molecular flexibility index (Phi) is 5.24. The largest absolute Gasteiger partial charge is 0.394 e. The average molecular weight is 492 g/mol. The van der Waals surface area contributed by atoms with Crippen molar-refractivity contribution in [3.05, 3.63) is 84.9 Å². The Labute approximate surface area is 212 Å². The van der Waals surface area contributed by atoms with E-state index in [1.807, 2.05) is 0 Å². The van der Waals surface area contributed by atoms with Crippen molar-refractivity contribution in [1.82, 2.24) is 19.5 Å². The summed E-state index contributed by atoms with van der Waals surface area (Å²) in [7, 11) is 0. The molecule has 0 radical (unpaired) electrons. The Bertz CT molecular complexity index is 1780. The molecule has 0 bridgehead atoms. The Morgan fingerprint density at radius 3 is 2.54 bits per heavy atom. The number of benzene rings is 4. The molecule has 8 nitrogen and oxygen atoms in total. The van der Waals surface area contributed by atoms with Crippen LogP contribution in [0.5, 0.6) is 0 Å². The number of aromatic nitrogens is 4. The van der Waals surface area contributed by atoms with Crippen molar-refractivity contribution in [3.63, 3.8) is 0 Å². The van der Waals surface area contributed by atoms with E-state index >= 15 is 0 Å². The van der Waals surface area contributed by atoms with Crippen LogP contribution in [-0.2, 0) is 11.3 Å². The van der Waals surface area contributed by atoms with E-state index in [0.717, 1.165) is 0 Å². The minimum absolute atomic E-state index is 0.236. The number of imidazole rings is 1. The number of rotatable bonds is 5. The van der Waals surface area contributed by atoms with E-state index < -0.39 is 18.4 Å². The third-order valence-electron chi connectivity index (χ3n) is 7.37. The fourth-order valence-corrected chi connectivity index (χ4v) is 5.52. The quantitative estimate of drug-likeness (QED) is 0.240. The minimum Gasteiger partial charge on any atom is -0.394 e. The van der Waals surface area contributed by atoms with E-state index in [2.05, 4.69) is 87.0 Å². The van der Waals surface area contributed by atoms with Gasteiger partial charge in [0.25, 0.3) is 0 Å². The van der Waals surface area contributed by atoms with Gasteiger partial charge in [-0.3, -0.25) is 4.57 Å². The highest BCUT2D eigenvalue weighted by atomic mass is 16.5. The van der Waals surface area contributed by atoms with Gasteiger partial charge in [-0.2, -0.15) is 0 Å². The lowest BCUT2D eigenvalue weighted by Gasteiger charge is -2.15.